The predicted molar refractivity (Wildman–Crippen MR) is 116 cm³/mol. The average molecular weight is 397 g/mol. The van der Waals surface area contributed by atoms with Crippen molar-refractivity contribution in [3.63, 3.8) is 0 Å². The van der Waals surface area contributed by atoms with Gasteiger partial charge in [0.15, 0.2) is 0 Å². The van der Waals surface area contributed by atoms with E-state index in [9.17, 15) is 4.79 Å². The minimum atomic E-state index is -0.467. The molecule has 0 aliphatic carbocycles. The zero-order valence-corrected chi connectivity index (χ0v) is 16.7. The van der Waals surface area contributed by atoms with Crippen LogP contribution in [0.25, 0.3) is 5.57 Å². The van der Waals surface area contributed by atoms with Crippen LogP contribution < -0.4 is 16.2 Å². The molecule has 0 saturated carbocycles. The van der Waals surface area contributed by atoms with E-state index in [-0.39, 0.29) is 11.8 Å². The van der Waals surface area contributed by atoms with Crippen molar-refractivity contribution in [3.05, 3.63) is 75.1 Å². The van der Waals surface area contributed by atoms with Gasteiger partial charge in [0.05, 0.1) is 17.7 Å². The number of H-pyrrole nitrogens is 1. The van der Waals surface area contributed by atoms with E-state index in [4.69, 9.17) is 10.5 Å². The summed E-state index contributed by atoms with van der Waals surface area (Å²) in [6, 6.07) is 14.7. The second-order valence-corrected chi connectivity index (χ2v) is 6.72. The number of nitriles is 2. The molecular formula is C22H19N7O. The fourth-order valence-corrected chi connectivity index (χ4v) is 2.92. The first kappa shape index (κ1) is 20.3. The lowest BCUT2D eigenvalue weighted by Crippen LogP contribution is -2.17. The molecule has 0 saturated heterocycles. The lowest BCUT2D eigenvalue weighted by molar-refractivity contribution is 0.944. The number of hydrogen-bond acceptors (Lipinski definition) is 7. The molecule has 0 atom stereocenters. The average Bonchev–Trinajstić information content (AvgIpc) is 2.73. The number of aromatic amines is 1. The Morgan fingerprint density at radius 2 is 1.77 bits per heavy atom. The molecular weight excluding hydrogens is 378 g/mol. The zero-order chi connectivity index (χ0) is 21.7. The van der Waals surface area contributed by atoms with E-state index in [0.717, 1.165) is 28.0 Å². The van der Waals surface area contributed by atoms with Crippen LogP contribution in [0.15, 0.2) is 47.3 Å². The van der Waals surface area contributed by atoms with Gasteiger partial charge in [0.25, 0.3) is 0 Å². The highest BCUT2D eigenvalue weighted by Gasteiger charge is 2.11. The Kier molecular flexibility index (Phi) is 5.90. The number of hydrogen-bond donors (Lipinski definition) is 3. The number of nitrogens with one attached hydrogen (secondary N) is 3. The quantitative estimate of drug-likeness (QED) is 0.553. The summed E-state index contributed by atoms with van der Waals surface area (Å²) in [5.41, 5.74) is 5.24. The molecule has 0 bridgehead atoms. The van der Waals surface area contributed by atoms with Crippen molar-refractivity contribution in [3.8, 4) is 12.1 Å². The van der Waals surface area contributed by atoms with Gasteiger partial charge in [-0.05, 0) is 79.4 Å². The van der Waals surface area contributed by atoms with Gasteiger partial charge in [-0.1, -0.05) is 0 Å². The van der Waals surface area contributed by atoms with Crippen LogP contribution >= 0.6 is 0 Å². The van der Waals surface area contributed by atoms with Gasteiger partial charge in [0, 0.05) is 17.5 Å². The van der Waals surface area contributed by atoms with Crippen LogP contribution in [-0.2, 0) is 0 Å². The molecule has 0 amide bonds. The molecule has 8 heteroatoms. The Labute approximate surface area is 173 Å². The van der Waals surface area contributed by atoms with E-state index in [2.05, 4.69) is 25.8 Å². The molecule has 30 heavy (non-hydrogen) atoms. The number of rotatable bonds is 5. The van der Waals surface area contributed by atoms with E-state index in [1.807, 2.05) is 45.0 Å². The van der Waals surface area contributed by atoms with Gasteiger partial charge >= 0.3 is 5.56 Å². The summed E-state index contributed by atoms with van der Waals surface area (Å²) in [6.07, 6.45) is 1.51. The van der Waals surface area contributed by atoms with Crippen molar-refractivity contribution < 1.29 is 0 Å². The predicted octanol–water partition coefficient (Wildman–Crippen LogP) is 4.07. The molecule has 1 heterocycles. The smallest absolute Gasteiger partial charge is 0.307 e. The molecule has 0 radical (unpaired) electrons. The van der Waals surface area contributed by atoms with Gasteiger partial charge in [-0.3, -0.25) is 4.79 Å². The van der Waals surface area contributed by atoms with Gasteiger partial charge in [0.1, 0.15) is 0 Å². The van der Waals surface area contributed by atoms with E-state index in [1.165, 1.54) is 6.08 Å². The van der Waals surface area contributed by atoms with Crippen LogP contribution in [0.3, 0.4) is 0 Å². The van der Waals surface area contributed by atoms with Gasteiger partial charge in [-0.25, -0.2) is 5.10 Å². The minimum Gasteiger partial charge on any atom is -0.335 e. The van der Waals surface area contributed by atoms with E-state index in [0.29, 0.717) is 11.3 Å². The monoisotopic (exact) mass is 397 g/mol. The number of aryl methyl sites for hydroxylation is 2. The third-order valence-electron chi connectivity index (χ3n) is 4.48. The normalized spacial score (nSPS) is 10.8. The van der Waals surface area contributed by atoms with Gasteiger partial charge in [-0.15, -0.1) is 5.10 Å². The maximum Gasteiger partial charge on any atom is 0.307 e. The van der Waals surface area contributed by atoms with Crippen LogP contribution in [0.5, 0.6) is 0 Å². The topological polar surface area (TPSA) is 130 Å². The Bertz CT molecular complexity index is 1240. The first-order chi connectivity index (χ1) is 14.4. The molecule has 0 spiro atoms. The van der Waals surface area contributed by atoms with Crippen molar-refractivity contribution in [1.29, 1.82) is 10.5 Å². The number of aromatic nitrogens is 3. The molecule has 0 unspecified atom stereocenters. The summed E-state index contributed by atoms with van der Waals surface area (Å²) >= 11 is 0. The maximum atomic E-state index is 12.1. The molecule has 0 aliphatic rings. The van der Waals surface area contributed by atoms with Crippen LogP contribution in [0, 0.1) is 36.5 Å². The van der Waals surface area contributed by atoms with Gasteiger partial charge in [-0.2, -0.15) is 15.5 Å². The van der Waals surface area contributed by atoms with Crippen LogP contribution in [-0.4, -0.2) is 15.2 Å². The van der Waals surface area contributed by atoms with Crippen LogP contribution in [0.4, 0.5) is 23.1 Å². The summed E-state index contributed by atoms with van der Waals surface area (Å²) in [5, 5.41) is 30.2. The fraction of sp³-hybridized carbons (Fsp3) is 0.136. The molecule has 0 aliphatic heterocycles. The standard InChI is InChI=1S/C22H19N7O/c1-13(8-9-23)17-10-14(2)19(15(3)11-17)26-22-27-20(21(30)28-29-22)25-18-6-4-16(12-24)5-7-18/h4-8,10-11H,1-3H3,(H,28,30)(H2,25,26,27,29)/b13-8+. The lowest BCUT2D eigenvalue weighted by atomic mass is 9.99. The third-order valence-corrected chi connectivity index (χ3v) is 4.48. The summed E-state index contributed by atoms with van der Waals surface area (Å²) in [5.74, 6) is 0.311. The maximum absolute atomic E-state index is 12.1. The molecule has 3 rings (SSSR count). The van der Waals surface area contributed by atoms with E-state index in [1.54, 1.807) is 24.3 Å². The number of nitrogens with zero attached hydrogens (tertiary/aromatic N) is 4. The fourth-order valence-electron chi connectivity index (χ4n) is 2.92. The molecule has 3 N–H and O–H groups in total. The molecule has 3 aromatic rings. The number of anilines is 4. The summed E-state index contributed by atoms with van der Waals surface area (Å²) in [6.45, 7) is 5.77. The highest BCUT2D eigenvalue weighted by atomic mass is 16.1. The lowest BCUT2D eigenvalue weighted by Gasteiger charge is -2.14. The van der Waals surface area contributed by atoms with E-state index >= 15 is 0 Å². The third kappa shape index (κ3) is 4.51. The molecule has 0 fully saturated rings. The zero-order valence-electron chi connectivity index (χ0n) is 16.7. The highest BCUT2D eigenvalue weighted by Crippen LogP contribution is 2.27. The van der Waals surface area contributed by atoms with Gasteiger partial charge < -0.3 is 10.6 Å². The molecule has 148 valence electrons. The van der Waals surface area contributed by atoms with Crippen molar-refractivity contribution >= 4 is 28.7 Å². The van der Waals surface area contributed by atoms with Crippen molar-refractivity contribution in [1.82, 2.24) is 15.2 Å². The summed E-state index contributed by atoms with van der Waals surface area (Å²) < 4.78 is 0. The van der Waals surface area contributed by atoms with E-state index < -0.39 is 5.56 Å². The largest absolute Gasteiger partial charge is 0.335 e. The highest BCUT2D eigenvalue weighted by molar-refractivity contribution is 5.73. The Morgan fingerprint density at radius 3 is 2.37 bits per heavy atom. The van der Waals surface area contributed by atoms with Crippen molar-refractivity contribution in [2.75, 3.05) is 10.6 Å². The summed E-state index contributed by atoms with van der Waals surface area (Å²) in [4.78, 5) is 16.4. The summed E-state index contributed by atoms with van der Waals surface area (Å²) in [7, 11) is 0. The van der Waals surface area contributed by atoms with Crippen molar-refractivity contribution in [2.45, 2.75) is 20.8 Å². The number of benzene rings is 2. The molecule has 2 aromatic carbocycles. The Balaban J connectivity index is 1.88. The van der Waals surface area contributed by atoms with Crippen LogP contribution in [0.1, 0.15) is 29.2 Å². The Hall–Kier alpha value is -4.43. The SMILES string of the molecule is C/C(=C\C#N)c1cc(C)c(Nc2n[nH]c(=O)c(Nc3ccc(C#N)cc3)n2)c(C)c1. The minimum absolute atomic E-state index is 0.0805. The first-order valence-electron chi connectivity index (χ1n) is 9.10. The van der Waals surface area contributed by atoms with Crippen LogP contribution in [0.2, 0.25) is 0 Å². The molecule has 8 nitrogen and oxygen atoms in total. The van der Waals surface area contributed by atoms with Crippen molar-refractivity contribution in [2.24, 2.45) is 0 Å². The number of allylic oxidation sites excluding steroid dienone is 2. The second-order valence-electron chi connectivity index (χ2n) is 6.72. The Morgan fingerprint density at radius 1 is 1.10 bits per heavy atom. The van der Waals surface area contributed by atoms with Gasteiger partial charge in [0.2, 0.25) is 11.8 Å². The second kappa shape index (κ2) is 8.72. The molecule has 1 aromatic heterocycles. The first-order valence-corrected chi connectivity index (χ1v) is 9.10.